The third-order valence-corrected chi connectivity index (χ3v) is 4.46. The van der Waals surface area contributed by atoms with E-state index in [-0.39, 0.29) is 0 Å². The lowest BCUT2D eigenvalue weighted by Crippen LogP contribution is -2.27. The first-order valence-corrected chi connectivity index (χ1v) is 6.95. The van der Waals surface area contributed by atoms with Crippen LogP contribution in [-0.4, -0.2) is 15.6 Å². The van der Waals surface area contributed by atoms with Crippen LogP contribution in [0.25, 0.3) is 0 Å². The van der Waals surface area contributed by atoms with Gasteiger partial charge in [-0.3, -0.25) is 0 Å². The highest BCUT2D eigenvalue weighted by Crippen LogP contribution is 2.45. The largest absolute Gasteiger partial charge is 0.353 e. The van der Waals surface area contributed by atoms with E-state index in [1.165, 1.54) is 25.7 Å². The first kappa shape index (κ1) is 11.1. The molecule has 0 amide bonds. The molecule has 2 fully saturated rings. The van der Waals surface area contributed by atoms with Crippen LogP contribution >= 0.6 is 0 Å². The Kier molecular flexibility index (Phi) is 2.64. The van der Waals surface area contributed by atoms with E-state index >= 15 is 0 Å². The van der Waals surface area contributed by atoms with Crippen LogP contribution in [0.1, 0.15) is 51.3 Å². The molecule has 1 N–H and O–H groups in total. The lowest BCUT2D eigenvalue weighted by atomic mass is 9.95. The highest BCUT2D eigenvalue weighted by atomic mass is 15.2. The van der Waals surface area contributed by atoms with Crippen LogP contribution in [0.3, 0.4) is 0 Å². The van der Waals surface area contributed by atoms with Crippen molar-refractivity contribution >= 4 is 5.95 Å². The van der Waals surface area contributed by atoms with Crippen molar-refractivity contribution in [2.45, 2.75) is 58.5 Å². The van der Waals surface area contributed by atoms with Crippen LogP contribution in [0.15, 0.2) is 6.20 Å². The van der Waals surface area contributed by atoms with Gasteiger partial charge < -0.3 is 9.88 Å². The Bertz CT molecular complexity index is 408. The number of aromatic nitrogens is 2. The first-order valence-electron chi connectivity index (χ1n) is 6.95. The molecule has 1 aromatic rings. The Morgan fingerprint density at radius 3 is 2.76 bits per heavy atom. The van der Waals surface area contributed by atoms with Crippen molar-refractivity contribution in [3.05, 3.63) is 11.9 Å². The molecular weight excluding hydrogens is 210 g/mol. The van der Waals surface area contributed by atoms with Crippen LogP contribution in [0.4, 0.5) is 5.95 Å². The van der Waals surface area contributed by atoms with E-state index in [0.717, 1.165) is 23.5 Å². The minimum absolute atomic E-state index is 0.484. The third-order valence-electron chi connectivity index (χ3n) is 4.46. The van der Waals surface area contributed by atoms with Gasteiger partial charge in [0, 0.05) is 18.3 Å². The average Bonchev–Trinajstić information content (AvgIpc) is 2.93. The molecule has 0 aliphatic heterocycles. The van der Waals surface area contributed by atoms with Crippen molar-refractivity contribution in [1.82, 2.24) is 9.55 Å². The molecule has 2 bridgehead atoms. The molecule has 0 spiro atoms. The van der Waals surface area contributed by atoms with E-state index in [9.17, 15) is 0 Å². The molecule has 1 heterocycles. The third kappa shape index (κ3) is 1.96. The smallest absolute Gasteiger partial charge is 0.203 e. The molecule has 17 heavy (non-hydrogen) atoms. The fourth-order valence-electron chi connectivity index (χ4n) is 3.60. The summed E-state index contributed by atoms with van der Waals surface area (Å²) in [4.78, 5) is 4.63. The van der Waals surface area contributed by atoms with Gasteiger partial charge in [0.15, 0.2) is 0 Å². The second-order valence-electron chi connectivity index (χ2n) is 6.13. The zero-order valence-corrected chi connectivity index (χ0v) is 11.1. The standard InChI is InChI=1S/C14H23N3/c1-9(2)17-8-10(3)15-14(17)16-13-7-11-4-5-12(13)6-11/h8-9,11-13H,4-7H2,1-3H3,(H,15,16). The van der Waals surface area contributed by atoms with Crippen LogP contribution in [-0.2, 0) is 0 Å². The lowest BCUT2D eigenvalue weighted by Gasteiger charge is -2.24. The Morgan fingerprint density at radius 1 is 1.35 bits per heavy atom. The van der Waals surface area contributed by atoms with Gasteiger partial charge in [0.05, 0.1) is 5.69 Å². The number of aryl methyl sites for hydroxylation is 1. The topological polar surface area (TPSA) is 29.9 Å². The van der Waals surface area contributed by atoms with E-state index in [1.54, 1.807) is 0 Å². The number of fused-ring (bicyclic) bond motifs is 2. The molecule has 3 nitrogen and oxygen atoms in total. The zero-order valence-electron chi connectivity index (χ0n) is 11.1. The molecule has 0 aromatic carbocycles. The van der Waals surface area contributed by atoms with Gasteiger partial charge in [-0.1, -0.05) is 6.42 Å². The van der Waals surface area contributed by atoms with Gasteiger partial charge in [-0.2, -0.15) is 0 Å². The van der Waals surface area contributed by atoms with Gasteiger partial charge in [0.25, 0.3) is 0 Å². The zero-order chi connectivity index (χ0) is 12.0. The summed E-state index contributed by atoms with van der Waals surface area (Å²) in [6.45, 7) is 6.51. The average molecular weight is 233 g/mol. The second-order valence-corrected chi connectivity index (χ2v) is 6.13. The number of hydrogen-bond acceptors (Lipinski definition) is 2. The maximum atomic E-state index is 4.63. The van der Waals surface area contributed by atoms with Crippen molar-refractivity contribution in [2.24, 2.45) is 11.8 Å². The van der Waals surface area contributed by atoms with Crippen LogP contribution in [0.5, 0.6) is 0 Å². The molecule has 0 radical (unpaired) electrons. The Hall–Kier alpha value is -0.990. The summed E-state index contributed by atoms with van der Waals surface area (Å²) >= 11 is 0. The highest BCUT2D eigenvalue weighted by Gasteiger charge is 2.39. The fourth-order valence-corrected chi connectivity index (χ4v) is 3.60. The molecule has 3 unspecified atom stereocenters. The number of imidazole rings is 1. The normalized spacial score (nSPS) is 31.4. The van der Waals surface area contributed by atoms with Crippen LogP contribution in [0, 0.1) is 18.8 Å². The van der Waals surface area contributed by atoms with Crippen molar-refractivity contribution in [3.8, 4) is 0 Å². The van der Waals surface area contributed by atoms with Gasteiger partial charge in [-0.25, -0.2) is 4.98 Å². The SMILES string of the molecule is Cc1cn(C(C)C)c(NC2CC3CCC2C3)n1. The summed E-state index contributed by atoms with van der Waals surface area (Å²) in [5.41, 5.74) is 1.12. The minimum Gasteiger partial charge on any atom is -0.353 e. The Morgan fingerprint density at radius 2 is 2.18 bits per heavy atom. The summed E-state index contributed by atoms with van der Waals surface area (Å²) < 4.78 is 2.27. The highest BCUT2D eigenvalue weighted by molar-refractivity contribution is 5.32. The summed E-state index contributed by atoms with van der Waals surface area (Å²) in [5.74, 6) is 2.97. The monoisotopic (exact) mass is 233 g/mol. The first-order chi connectivity index (χ1) is 8.13. The predicted molar refractivity (Wildman–Crippen MR) is 70.2 cm³/mol. The number of rotatable bonds is 3. The number of anilines is 1. The molecule has 1 aromatic heterocycles. The predicted octanol–water partition coefficient (Wildman–Crippen LogP) is 3.37. The maximum absolute atomic E-state index is 4.63. The van der Waals surface area contributed by atoms with Gasteiger partial charge in [0.2, 0.25) is 5.95 Å². The lowest BCUT2D eigenvalue weighted by molar-refractivity contribution is 0.435. The van der Waals surface area contributed by atoms with Crippen LogP contribution in [0.2, 0.25) is 0 Å². The van der Waals surface area contributed by atoms with Crippen LogP contribution < -0.4 is 5.32 Å². The number of nitrogens with one attached hydrogen (secondary N) is 1. The number of hydrogen-bond donors (Lipinski definition) is 1. The van der Waals surface area contributed by atoms with E-state index < -0.39 is 0 Å². The van der Waals surface area contributed by atoms with Crippen molar-refractivity contribution in [3.63, 3.8) is 0 Å². The van der Waals surface area contributed by atoms with Gasteiger partial charge in [-0.15, -0.1) is 0 Å². The van der Waals surface area contributed by atoms with E-state index in [0.29, 0.717) is 12.1 Å². The quantitative estimate of drug-likeness (QED) is 0.867. The van der Waals surface area contributed by atoms with Gasteiger partial charge in [0.1, 0.15) is 0 Å². The molecule has 2 saturated carbocycles. The molecule has 2 aliphatic carbocycles. The molecule has 2 aliphatic rings. The fraction of sp³-hybridized carbons (Fsp3) is 0.786. The van der Waals surface area contributed by atoms with Gasteiger partial charge in [-0.05, 0) is 51.9 Å². The molecule has 3 atom stereocenters. The van der Waals surface area contributed by atoms with Crippen molar-refractivity contribution in [1.29, 1.82) is 0 Å². The molecule has 3 heteroatoms. The molecule has 0 saturated heterocycles. The van der Waals surface area contributed by atoms with E-state index in [2.05, 4.69) is 41.8 Å². The Labute approximate surface area is 104 Å². The maximum Gasteiger partial charge on any atom is 0.203 e. The van der Waals surface area contributed by atoms with E-state index in [4.69, 9.17) is 0 Å². The summed E-state index contributed by atoms with van der Waals surface area (Å²) in [5, 5.41) is 3.69. The Balaban J connectivity index is 1.76. The minimum atomic E-state index is 0.484. The second kappa shape index (κ2) is 4.04. The number of nitrogens with zero attached hydrogens (tertiary/aromatic N) is 2. The summed E-state index contributed by atoms with van der Waals surface area (Å²) in [6.07, 6.45) is 7.83. The van der Waals surface area contributed by atoms with E-state index in [1.807, 2.05) is 0 Å². The summed E-state index contributed by atoms with van der Waals surface area (Å²) in [6, 6.07) is 1.16. The van der Waals surface area contributed by atoms with Gasteiger partial charge >= 0.3 is 0 Å². The molecule has 94 valence electrons. The van der Waals surface area contributed by atoms with Crippen molar-refractivity contribution in [2.75, 3.05) is 5.32 Å². The van der Waals surface area contributed by atoms with Crippen molar-refractivity contribution < 1.29 is 0 Å². The summed E-state index contributed by atoms with van der Waals surface area (Å²) in [7, 11) is 0. The molecular formula is C14H23N3. The molecule has 3 rings (SSSR count).